The van der Waals surface area contributed by atoms with Gasteiger partial charge in [0.15, 0.2) is 0 Å². The molecular formula is C15H27N3O. The Morgan fingerprint density at radius 3 is 2.95 bits per heavy atom. The Morgan fingerprint density at radius 1 is 1.53 bits per heavy atom. The smallest absolute Gasteiger partial charge is 0.203 e. The fourth-order valence-corrected chi connectivity index (χ4v) is 2.63. The van der Waals surface area contributed by atoms with Crippen molar-refractivity contribution in [3.8, 4) is 0 Å². The normalized spacial score (nSPS) is 17.2. The van der Waals surface area contributed by atoms with Crippen molar-refractivity contribution in [2.45, 2.75) is 52.5 Å². The summed E-state index contributed by atoms with van der Waals surface area (Å²) in [5, 5.41) is 3.45. The molecule has 0 amide bonds. The predicted octanol–water partition coefficient (Wildman–Crippen LogP) is 3.39. The van der Waals surface area contributed by atoms with Gasteiger partial charge in [-0.2, -0.15) is 0 Å². The van der Waals surface area contributed by atoms with Crippen LogP contribution in [0, 0.1) is 12.8 Å². The van der Waals surface area contributed by atoms with Gasteiger partial charge in [-0.15, -0.1) is 0 Å². The summed E-state index contributed by atoms with van der Waals surface area (Å²) in [6, 6.07) is 0.560. The molecule has 1 heterocycles. The van der Waals surface area contributed by atoms with Crippen LogP contribution in [0.15, 0.2) is 6.20 Å². The molecule has 1 atom stereocenters. The highest BCUT2D eigenvalue weighted by Crippen LogP contribution is 2.37. The minimum absolute atomic E-state index is 0.560. The van der Waals surface area contributed by atoms with Crippen LogP contribution in [-0.2, 0) is 4.74 Å². The first-order chi connectivity index (χ1) is 9.22. The zero-order valence-electron chi connectivity index (χ0n) is 12.5. The van der Waals surface area contributed by atoms with Crippen LogP contribution < -0.4 is 5.32 Å². The summed E-state index contributed by atoms with van der Waals surface area (Å²) in [4.78, 5) is 4.60. The standard InChI is InChI=1S/C15H27N3O/c1-4-19-10-6-9-16-15-17-12(2)11-18(15)13(3)14-7-5-8-14/h11,13-14H,4-10H2,1-3H3,(H,16,17). The first kappa shape index (κ1) is 14.4. The second-order valence-corrected chi connectivity index (χ2v) is 5.52. The average Bonchev–Trinajstić information content (AvgIpc) is 2.68. The van der Waals surface area contributed by atoms with Crippen molar-refractivity contribution < 1.29 is 4.74 Å². The van der Waals surface area contributed by atoms with Gasteiger partial charge >= 0.3 is 0 Å². The van der Waals surface area contributed by atoms with Crippen molar-refractivity contribution in [1.82, 2.24) is 9.55 Å². The lowest BCUT2D eigenvalue weighted by Gasteiger charge is -2.33. The quantitative estimate of drug-likeness (QED) is 0.732. The van der Waals surface area contributed by atoms with Gasteiger partial charge in [-0.3, -0.25) is 0 Å². The van der Waals surface area contributed by atoms with Crippen LogP contribution in [0.1, 0.15) is 51.3 Å². The largest absolute Gasteiger partial charge is 0.382 e. The number of imidazole rings is 1. The van der Waals surface area contributed by atoms with Crippen molar-refractivity contribution >= 4 is 5.95 Å². The van der Waals surface area contributed by atoms with Crippen LogP contribution in [0.5, 0.6) is 0 Å². The summed E-state index contributed by atoms with van der Waals surface area (Å²) in [5.74, 6) is 1.85. The molecule has 4 nitrogen and oxygen atoms in total. The maximum absolute atomic E-state index is 5.35. The van der Waals surface area contributed by atoms with Gasteiger partial charge in [-0.1, -0.05) is 6.42 Å². The van der Waals surface area contributed by atoms with E-state index in [1.165, 1.54) is 19.3 Å². The van der Waals surface area contributed by atoms with Crippen molar-refractivity contribution in [3.05, 3.63) is 11.9 Å². The van der Waals surface area contributed by atoms with Gasteiger partial charge in [0.1, 0.15) is 0 Å². The maximum Gasteiger partial charge on any atom is 0.203 e. The molecule has 19 heavy (non-hydrogen) atoms. The maximum atomic E-state index is 5.35. The molecule has 1 aromatic rings. The predicted molar refractivity (Wildman–Crippen MR) is 78.6 cm³/mol. The molecular weight excluding hydrogens is 238 g/mol. The van der Waals surface area contributed by atoms with E-state index in [0.29, 0.717) is 6.04 Å². The van der Waals surface area contributed by atoms with Gasteiger partial charge in [0.25, 0.3) is 0 Å². The summed E-state index contributed by atoms with van der Waals surface area (Å²) in [7, 11) is 0. The number of nitrogens with zero attached hydrogens (tertiary/aromatic N) is 2. The van der Waals surface area contributed by atoms with E-state index in [9.17, 15) is 0 Å². The third-order valence-electron chi connectivity index (χ3n) is 4.08. The van der Waals surface area contributed by atoms with E-state index in [1.807, 2.05) is 6.92 Å². The highest BCUT2D eigenvalue weighted by Gasteiger charge is 2.26. The lowest BCUT2D eigenvalue weighted by Crippen LogP contribution is -2.24. The molecule has 0 radical (unpaired) electrons. The van der Waals surface area contributed by atoms with E-state index >= 15 is 0 Å². The molecule has 1 aromatic heterocycles. The SMILES string of the molecule is CCOCCCNc1nc(C)cn1C(C)C1CCC1. The van der Waals surface area contributed by atoms with Gasteiger partial charge in [-0.05, 0) is 46.0 Å². The highest BCUT2D eigenvalue weighted by atomic mass is 16.5. The van der Waals surface area contributed by atoms with E-state index in [4.69, 9.17) is 4.74 Å². The molecule has 0 aliphatic heterocycles. The minimum Gasteiger partial charge on any atom is -0.382 e. The highest BCUT2D eigenvalue weighted by molar-refractivity contribution is 5.29. The first-order valence-corrected chi connectivity index (χ1v) is 7.59. The van der Waals surface area contributed by atoms with Crippen LogP contribution in [-0.4, -0.2) is 29.3 Å². The fraction of sp³-hybridized carbons (Fsp3) is 0.800. The van der Waals surface area contributed by atoms with Crippen LogP contribution in [0.4, 0.5) is 5.95 Å². The Morgan fingerprint density at radius 2 is 2.32 bits per heavy atom. The second kappa shape index (κ2) is 6.94. The molecule has 1 unspecified atom stereocenters. The third kappa shape index (κ3) is 3.72. The average molecular weight is 265 g/mol. The number of hydrogen-bond donors (Lipinski definition) is 1. The van der Waals surface area contributed by atoms with Crippen molar-refractivity contribution in [1.29, 1.82) is 0 Å². The Hall–Kier alpha value is -1.03. The summed E-state index contributed by atoms with van der Waals surface area (Å²) < 4.78 is 7.67. The first-order valence-electron chi connectivity index (χ1n) is 7.59. The summed E-state index contributed by atoms with van der Waals surface area (Å²) >= 11 is 0. The number of aryl methyl sites for hydroxylation is 1. The van der Waals surface area contributed by atoms with Gasteiger partial charge in [-0.25, -0.2) is 4.98 Å². The van der Waals surface area contributed by atoms with Gasteiger partial charge in [0.2, 0.25) is 5.95 Å². The third-order valence-corrected chi connectivity index (χ3v) is 4.08. The molecule has 108 valence electrons. The molecule has 1 saturated carbocycles. The molecule has 1 N–H and O–H groups in total. The number of anilines is 1. The molecule has 0 spiro atoms. The van der Waals surface area contributed by atoms with Gasteiger partial charge in [0.05, 0.1) is 5.69 Å². The number of ether oxygens (including phenoxy) is 1. The molecule has 1 fully saturated rings. The Balaban J connectivity index is 1.88. The number of rotatable bonds is 8. The zero-order valence-corrected chi connectivity index (χ0v) is 12.5. The number of hydrogen-bond acceptors (Lipinski definition) is 3. The van der Waals surface area contributed by atoms with Crippen molar-refractivity contribution in [2.75, 3.05) is 25.1 Å². The Bertz CT molecular complexity index is 385. The summed E-state index contributed by atoms with van der Waals surface area (Å²) in [6.07, 6.45) is 7.32. The lowest BCUT2D eigenvalue weighted by atomic mass is 9.80. The molecule has 0 saturated heterocycles. The van der Waals surface area contributed by atoms with Crippen molar-refractivity contribution in [2.24, 2.45) is 5.92 Å². The van der Waals surface area contributed by atoms with Crippen LogP contribution in [0.2, 0.25) is 0 Å². The van der Waals surface area contributed by atoms with E-state index in [1.54, 1.807) is 0 Å². The minimum atomic E-state index is 0.560. The van der Waals surface area contributed by atoms with Gasteiger partial charge < -0.3 is 14.6 Å². The fourth-order valence-electron chi connectivity index (χ4n) is 2.63. The Kier molecular flexibility index (Phi) is 5.25. The molecule has 1 aliphatic carbocycles. The van der Waals surface area contributed by atoms with Crippen molar-refractivity contribution in [3.63, 3.8) is 0 Å². The summed E-state index contributed by atoms with van der Waals surface area (Å²) in [5.41, 5.74) is 1.10. The molecule has 2 rings (SSSR count). The number of nitrogens with one attached hydrogen (secondary N) is 1. The van der Waals surface area contributed by atoms with E-state index < -0.39 is 0 Å². The molecule has 4 heteroatoms. The van der Waals surface area contributed by atoms with Crippen LogP contribution >= 0.6 is 0 Å². The van der Waals surface area contributed by atoms with Gasteiger partial charge in [0, 0.05) is 32.0 Å². The summed E-state index contributed by atoms with van der Waals surface area (Å²) in [6.45, 7) is 8.96. The molecule has 0 aromatic carbocycles. The Labute approximate surface area is 116 Å². The van der Waals surface area contributed by atoms with E-state index in [-0.39, 0.29) is 0 Å². The number of aromatic nitrogens is 2. The lowest BCUT2D eigenvalue weighted by molar-refractivity contribution is 0.147. The molecule has 0 bridgehead atoms. The van der Waals surface area contributed by atoms with E-state index in [0.717, 1.165) is 43.7 Å². The van der Waals surface area contributed by atoms with Crippen LogP contribution in [0.3, 0.4) is 0 Å². The molecule has 1 aliphatic rings. The van der Waals surface area contributed by atoms with E-state index in [2.05, 4.69) is 34.9 Å². The monoisotopic (exact) mass is 265 g/mol. The topological polar surface area (TPSA) is 39.1 Å². The second-order valence-electron chi connectivity index (χ2n) is 5.52. The van der Waals surface area contributed by atoms with Crippen LogP contribution in [0.25, 0.3) is 0 Å². The zero-order chi connectivity index (χ0) is 13.7.